The Hall–Kier alpha value is -2.63. The second-order valence-corrected chi connectivity index (χ2v) is 3.73. The molecule has 6 nitrogen and oxygen atoms in total. The van der Waals surface area contributed by atoms with Crippen LogP contribution in [0.3, 0.4) is 0 Å². The molecule has 0 saturated heterocycles. The second kappa shape index (κ2) is 4.33. The molecule has 1 heterocycles. The van der Waals surface area contributed by atoms with Crippen molar-refractivity contribution in [1.82, 2.24) is 9.97 Å². The van der Waals surface area contributed by atoms with E-state index < -0.39 is 5.97 Å². The molecule has 18 heavy (non-hydrogen) atoms. The van der Waals surface area contributed by atoms with Gasteiger partial charge in [-0.05, 0) is 31.2 Å². The van der Waals surface area contributed by atoms with Gasteiger partial charge in [0, 0.05) is 11.3 Å². The zero-order valence-electron chi connectivity index (χ0n) is 9.45. The smallest absolute Gasteiger partial charge is 0.354 e. The molecular weight excluding hydrogens is 236 g/mol. The number of phenolic OH excluding ortho intramolecular Hbond substituents is 2. The van der Waals surface area contributed by atoms with E-state index in [4.69, 9.17) is 5.11 Å². The Bertz CT molecular complexity index is 625. The number of phenols is 2. The van der Waals surface area contributed by atoms with E-state index in [2.05, 4.69) is 9.97 Å². The number of rotatable bonds is 2. The molecule has 0 unspecified atom stereocenters. The van der Waals surface area contributed by atoms with Gasteiger partial charge in [-0.15, -0.1) is 0 Å². The summed E-state index contributed by atoms with van der Waals surface area (Å²) in [6.45, 7) is 1.65. The third kappa shape index (κ3) is 2.22. The predicted molar refractivity (Wildman–Crippen MR) is 62.5 cm³/mol. The zero-order chi connectivity index (χ0) is 13.3. The van der Waals surface area contributed by atoms with Crippen molar-refractivity contribution in [1.29, 1.82) is 0 Å². The van der Waals surface area contributed by atoms with E-state index in [1.807, 2.05) is 0 Å². The first-order valence-corrected chi connectivity index (χ1v) is 5.08. The standard InChI is InChI=1S/C12H10N2O4/c1-6-4-8(12(17)18)14-11(13-6)7-2-3-9(15)10(16)5-7/h2-5,15-16H,1H3,(H,17,18). The molecule has 3 N–H and O–H groups in total. The molecule has 6 heteroatoms. The molecule has 0 amide bonds. The summed E-state index contributed by atoms with van der Waals surface area (Å²) in [6.07, 6.45) is 0. The van der Waals surface area contributed by atoms with Gasteiger partial charge >= 0.3 is 5.97 Å². The summed E-state index contributed by atoms with van der Waals surface area (Å²) in [5.41, 5.74) is 0.812. The van der Waals surface area contributed by atoms with Crippen LogP contribution in [0, 0.1) is 6.92 Å². The lowest BCUT2D eigenvalue weighted by atomic mass is 10.2. The van der Waals surface area contributed by atoms with E-state index in [-0.39, 0.29) is 23.0 Å². The fourth-order valence-corrected chi connectivity index (χ4v) is 1.47. The van der Waals surface area contributed by atoms with Gasteiger partial charge in [0.15, 0.2) is 23.0 Å². The van der Waals surface area contributed by atoms with Crippen molar-refractivity contribution >= 4 is 5.97 Å². The lowest BCUT2D eigenvalue weighted by Crippen LogP contribution is -2.04. The van der Waals surface area contributed by atoms with Crippen LogP contribution in [0.25, 0.3) is 11.4 Å². The first-order valence-electron chi connectivity index (χ1n) is 5.08. The number of carboxylic acids is 1. The van der Waals surface area contributed by atoms with E-state index >= 15 is 0 Å². The minimum absolute atomic E-state index is 0.120. The third-order valence-corrected chi connectivity index (χ3v) is 2.31. The van der Waals surface area contributed by atoms with E-state index in [1.54, 1.807) is 6.92 Å². The topological polar surface area (TPSA) is 104 Å². The summed E-state index contributed by atoms with van der Waals surface area (Å²) >= 11 is 0. The molecule has 0 radical (unpaired) electrons. The van der Waals surface area contributed by atoms with Crippen molar-refractivity contribution in [2.45, 2.75) is 6.92 Å². The molecule has 0 aliphatic heterocycles. The Labute approximate surface area is 102 Å². The molecule has 0 atom stereocenters. The minimum atomic E-state index is -1.15. The number of nitrogens with zero attached hydrogens (tertiary/aromatic N) is 2. The molecule has 2 rings (SSSR count). The molecule has 1 aromatic carbocycles. The number of carbonyl (C=O) groups is 1. The molecule has 0 fully saturated rings. The SMILES string of the molecule is Cc1cc(C(=O)O)nc(-c2ccc(O)c(O)c2)n1. The number of hydrogen-bond acceptors (Lipinski definition) is 5. The zero-order valence-corrected chi connectivity index (χ0v) is 9.45. The first-order chi connectivity index (χ1) is 8.47. The summed E-state index contributed by atoms with van der Waals surface area (Å²) in [6, 6.07) is 5.41. The second-order valence-electron chi connectivity index (χ2n) is 3.73. The van der Waals surface area contributed by atoms with E-state index in [0.717, 1.165) is 0 Å². The summed E-state index contributed by atoms with van der Waals surface area (Å²) in [4.78, 5) is 18.8. The average Bonchev–Trinajstić information content (AvgIpc) is 2.31. The Morgan fingerprint density at radius 1 is 1.11 bits per heavy atom. The van der Waals surface area contributed by atoms with Gasteiger partial charge in [-0.2, -0.15) is 0 Å². The number of hydrogen-bond donors (Lipinski definition) is 3. The lowest BCUT2D eigenvalue weighted by Gasteiger charge is -2.04. The molecule has 0 aliphatic carbocycles. The number of aromatic hydroxyl groups is 2. The highest BCUT2D eigenvalue weighted by Gasteiger charge is 2.11. The predicted octanol–water partition coefficient (Wildman–Crippen LogP) is 1.56. The third-order valence-electron chi connectivity index (χ3n) is 2.31. The van der Waals surface area contributed by atoms with Crippen LogP contribution in [0.2, 0.25) is 0 Å². The first kappa shape index (κ1) is 11.8. The fraction of sp³-hybridized carbons (Fsp3) is 0.0833. The molecular formula is C12H10N2O4. The Morgan fingerprint density at radius 3 is 2.44 bits per heavy atom. The number of carboxylic acid groups (broad SMARTS) is 1. The molecule has 0 bridgehead atoms. The van der Waals surface area contributed by atoms with Crippen molar-refractivity contribution in [3.8, 4) is 22.9 Å². The van der Waals surface area contributed by atoms with Gasteiger partial charge in [0.1, 0.15) is 0 Å². The molecule has 0 aliphatic rings. The molecule has 0 spiro atoms. The monoisotopic (exact) mass is 246 g/mol. The molecule has 2 aromatic rings. The van der Waals surface area contributed by atoms with Crippen LogP contribution < -0.4 is 0 Å². The average molecular weight is 246 g/mol. The van der Waals surface area contributed by atoms with E-state index in [0.29, 0.717) is 11.3 Å². The number of aryl methyl sites for hydroxylation is 1. The van der Waals surface area contributed by atoms with Gasteiger partial charge in [-0.1, -0.05) is 0 Å². The van der Waals surface area contributed by atoms with Crippen LogP contribution in [0.1, 0.15) is 16.2 Å². The fourth-order valence-electron chi connectivity index (χ4n) is 1.47. The number of aromatic nitrogens is 2. The van der Waals surface area contributed by atoms with Crippen LogP contribution in [-0.2, 0) is 0 Å². The number of benzene rings is 1. The van der Waals surface area contributed by atoms with E-state index in [1.165, 1.54) is 24.3 Å². The summed E-state index contributed by atoms with van der Waals surface area (Å²) in [5.74, 6) is -1.54. The number of aromatic carboxylic acids is 1. The Morgan fingerprint density at radius 2 is 1.83 bits per heavy atom. The van der Waals surface area contributed by atoms with Gasteiger partial charge in [-0.3, -0.25) is 0 Å². The minimum Gasteiger partial charge on any atom is -0.504 e. The van der Waals surface area contributed by atoms with Crippen molar-refractivity contribution in [2.24, 2.45) is 0 Å². The summed E-state index contributed by atoms with van der Waals surface area (Å²) in [5, 5.41) is 27.5. The van der Waals surface area contributed by atoms with E-state index in [9.17, 15) is 15.0 Å². The molecule has 0 saturated carbocycles. The maximum absolute atomic E-state index is 10.9. The summed E-state index contributed by atoms with van der Waals surface area (Å²) < 4.78 is 0. The van der Waals surface area contributed by atoms with Crippen molar-refractivity contribution < 1.29 is 20.1 Å². The van der Waals surface area contributed by atoms with Gasteiger partial charge in [0.2, 0.25) is 0 Å². The Kier molecular flexibility index (Phi) is 2.85. The van der Waals surface area contributed by atoms with Crippen LogP contribution in [0.4, 0.5) is 0 Å². The van der Waals surface area contributed by atoms with Gasteiger partial charge in [-0.25, -0.2) is 14.8 Å². The molecule has 1 aromatic heterocycles. The quantitative estimate of drug-likeness (QED) is 0.695. The highest BCUT2D eigenvalue weighted by Crippen LogP contribution is 2.29. The van der Waals surface area contributed by atoms with Crippen molar-refractivity contribution in [2.75, 3.05) is 0 Å². The summed E-state index contributed by atoms with van der Waals surface area (Å²) in [7, 11) is 0. The van der Waals surface area contributed by atoms with Crippen molar-refractivity contribution in [3.63, 3.8) is 0 Å². The van der Waals surface area contributed by atoms with Crippen LogP contribution >= 0.6 is 0 Å². The molecule has 92 valence electrons. The Balaban J connectivity index is 2.56. The lowest BCUT2D eigenvalue weighted by molar-refractivity contribution is 0.0690. The van der Waals surface area contributed by atoms with Crippen molar-refractivity contribution in [3.05, 3.63) is 35.7 Å². The maximum Gasteiger partial charge on any atom is 0.354 e. The highest BCUT2D eigenvalue weighted by atomic mass is 16.4. The maximum atomic E-state index is 10.9. The van der Waals surface area contributed by atoms with Crippen LogP contribution in [0.15, 0.2) is 24.3 Å². The highest BCUT2D eigenvalue weighted by molar-refractivity contribution is 5.86. The van der Waals surface area contributed by atoms with Crippen LogP contribution in [0.5, 0.6) is 11.5 Å². The van der Waals surface area contributed by atoms with Crippen LogP contribution in [-0.4, -0.2) is 31.3 Å². The van der Waals surface area contributed by atoms with Gasteiger partial charge in [0.05, 0.1) is 0 Å². The van der Waals surface area contributed by atoms with Gasteiger partial charge in [0.25, 0.3) is 0 Å². The largest absolute Gasteiger partial charge is 0.504 e. The normalized spacial score (nSPS) is 10.3. The van der Waals surface area contributed by atoms with Gasteiger partial charge < -0.3 is 15.3 Å².